The second kappa shape index (κ2) is 9.51. The monoisotopic (exact) mass is 489 g/mol. The van der Waals surface area contributed by atoms with Gasteiger partial charge >= 0.3 is 0 Å². The third-order valence-electron chi connectivity index (χ3n) is 5.82. The number of aryl methyl sites for hydroxylation is 3. The van der Waals surface area contributed by atoms with E-state index >= 15 is 0 Å². The third-order valence-corrected chi connectivity index (χ3v) is 9.36. The molecular weight excluding hydrogens is 462 g/mol. The highest BCUT2D eigenvalue weighted by molar-refractivity contribution is 7.98. The summed E-state index contributed by atoms with van der Waals surface area (Å²) in [4.78, 5) is 18.2. The Hall–Kier alpha value is -1.94. The van der Waals surface area contributed by atoms with E-state index in [2.05, 4.69) is 41.8 Å². The second-order valence-corrected chi connectivity index (χ2v) is 11.9. The zero-order valence-corrected chi connectivity index (χ0v) is 20.9. The highest BCUT2D eigenvalue weighted by Crippen LogP contribution is 2.23. The van der Waals surface area contributed by atoms with Crippen LogP contribution in [0.3, 0.4) is 0 Å². The molecular formula is C23H27N3O3S3. The van der Waals surface area contributed by atoms with Crippen molar-refractivity contribution < 1.29 is 13.2 Å². The SMILES string of the molecule is CSCCn1c(=NC(=O)c2ccc(S(=O)(=O)N3CCCC3)cc2)sc2cc(C)c(C)cc21. The average Bonchev–Trinajstić information content (AvgIpc) is 3.42. The largest absolute Gasteiger partial charge is 0.315 e. The first kappa shape index (κ1) is 23.2. The highest BCUT2D eigenvalue weighted by atomic mass is 32.2. The lowest BCUT2D eigenvalue weighted by molar-refractivity contribution is 0.0997. The fourth-order valence-corrected chi connectivity index (χ4v) is 6.82. The van der Waals surface area contributed by atoms with Crippen molar-refractivity contribution in [1.29, 1.82) is 0 Å². The summed E-state index contributed by atoms with van der Waals surface area (Å²) in [6, 6.07) is 10.4. The van der Waals surface area contributed by atoms with Crippen molar-refractivity contribution in [2.75, 3.05) is 25.1 Å². The Kier molecular flexibility index (Phi) is 6.90. The molecule has 1 saturated heterocycles. The lowest BCUT2D eigenvalue weighted by Crippen LogP contribution is -2.27. The van der Waals surface area contributed by atoms with Gasteiger partial charge in [0, 0.05) is 31.0 Å². The number of sulfonamides is 1. The molecule has 1 amide bonds. The Morgan fingerprint density at radius 2 is 1.75 bits per heavy atom. The number of rotatable bonds is 6. The summed E-state index contributed by atoms with van der Waals surface area (Å²) in [5.41, 5.74) is 3.89. The third kappa shape index (κ3) is 4.57. The maximum Gasteiger partial charge on any atom is 0.279 e. The molecule has 170 valence electrons. The molecule has 4 rings (SSSR count). The number of thiazole rings is 1. The Bertz CT molecular complexity index is 1320. The lowest BCUT2D eigenvalue weighted by atomic mass is 10.1. The van der Waals surface area contributed by atoms with E-state index in [1.807, 2.05) is 0 Å². The average molecular weight is 490 g/mol. The zero-order valence-electron chi connectivity index (χ0n) is 18.5. The predicted octanol–water partition coefficient (Wildman–Crippen LogP) is 4.21. The summed E-state index contributed by atoms with van der Waals surface area (Å²) in [5.74, 6) is 0.552. The van der Waals surface area contributed by atoms with Gasteiger partial charge in [0.25, 0.3) is 5.91 Å². The first-order chi connectivity index (χ1) is 15.3. The summed E-state index contributed by atoms with van der Waals surface area (Å²) < 4.78 is 30.2. The molecule has 0 saturated carbocycles. The molecule has 1 aliphatic rings. The van der Waals surface area contributed by atoms with Crippen LogP contribution in [0.4, 0.5) is 0 Å². The number of aromatic nitrogens is 1. The maximum atomic E-state index is 12.9. The van der Waals surface area contributed by atoms with Crippen molar-refractivity contribution in [3.63, 3.8) is 0 Å². The van der Waals surface area contributed by atoms with Crippen molar-refractivity contribution in [3.8, 4) is 0 Å². The van der Waals surface area contributed by atoms with Crippen LogP contribution in [0.15, 0.2) is 46.3 Å². The van der Waals surface area contributed by atoms with Gasteiger partial charge in [-0.1, -0.05) is 11.3 Å². The van der Waals surface area contributed by atoms with E-state index < -0.39 is 10.0 Å². The standard InChI is InChI=1S/C23H27N3O3S3/c1-16-14-20-21(15-17(16)2)31-23(26(20)12-13-30-3)24-22(27)18-6-8-19(9-7-18)32(28,29)25-10-4-5-11-25/h6-9,14-15H,4-5,10-13H2,1-3H3. The number of carbonyl (C=O) groups excluding carboxylic acids is 1. The van der Waals surface area contributed by atoms with E-state index in [0.29, 0.717) is 23.5 Å². The first-order valence-corrected chi connectivity index (χ1v) is 14.2. The van der Waals surface area contributed by atoms with E-state index in [0.717, 1.165) is 35.4 Å². The van der Waals surface area contributed by atoms with Gasteiger partial charge in [0.2, 0.25) is 10.0 Å². The van der Waals surface area contributed by atoms with Crippen LogP contribution in [0.1, 0.15) is 34.3 Å². The molecule has 9 heteroatoms. The number of hydrogen-bond acceptors (Lipinski definition) is 5. The molecule has 0 bridgehead atoms. The molecule has 0 aliphatic carbocycles. The molecule has 2 heterocycles. The molecule has 1 fully saturated rings. The molecule has 0 radical (unpaired) electrons. The molecule has 3 aromatic rings. The number of amides is 1. The van der Waals surface area contributed by atoms with Gasteiger partial charge in [0.05, 0.1) is 15.1 Å². The Morgan fingerprint density at radius 3 is 2.41 bits per heavy atom. The minimum atomic E-state index is -3.50. The van der Waals surface area contributed by atoms with Crippen LogP contribution in [0.5, 0.6) is 0 Å². The maximum absolute atomic E-state index is 12.9. The quantitative estimate of drug-likeness (QED) is 0.520. The fraction of sp³-hybridized carbons (Fsp3) is 0.391. The van der Waals surface area contributed by atoms with Crippen LogP contribution < -0.4 is 4.80 Å². The van der Waals surface area contributed by atoms with Crippen LogP contribution in [0.2, 0.25) is 0 Å². The molecule has 0 atom stereocenters. The minimum absolute atomic E-state index is 0.221. The van der Waals surface area contributed by atoms with Gasteiger partial charge < -0.3 is 4.57 Å². The van der Waals surface area contributed by atoms with Crippen LogP contribution in [-0.2, 0) is 16.6 Å². The van der Waals surface area contributed by atoms with Crippen LogP contribution in [0, 0.1) is 13.8 Å². The summed E-state index contributed by atoms with van der Waals surface area (Å²) >= 11 is 3.26. The van der Waals surface area contributed by atoms with Crippen LogP contribution >= 0.6 is 23.1 Å². The van der Waals surface area contributed by atoms with E-state index in [1.165, 1.54) is 38.9 Å². The normalized spacial score (nSPS) is 15.7. The summed E-state index contributed by atoms with van der Waals surface area (Å²) in [5, 5.41) is 0. The van der Waals surface area contributed by atoms with Gasteiger partial charge in [-0.2, -0.15) is 21.1 Å². The van der Waals surface area contributed by atoms with Gasteiger partial charge in [-0.25, -0.2) is 8.42 Å². The molecule has 32 heavy (non-hydrogen) atoms. The van der Waals surface area contributed by atoms with Crippen molar-refractivity contribution in [2.24, 2.45) is 4.99 Å². The lowest BCUT2D eigenvalue weighted by Gasteiger charge is -2.15. The van der Waals surface area contributed by atoms with Crippen molar-refractivity contribution in [3.05, 3.63) is 57.9 Å². The molecule has 0 N–H and O–H groups in total. The van der Waals surface area contributed by atoms with Gasteiger partial charge in [-0.3, -0.25) is 4.79 Å². The van der Waals surface area contributed by atoms with Gasteiger partial charge in [0.15, 0.2) is 4.80 Å². The fourth-order valence-electron chi connectivity index (χ4n) is 3.80. The second-order valence-electron chi connectivity index (χ2n) is 7.99. The Labute approximate surface area is 197 Å². The molecule has 1 aromatic heterocycles. The Morgan fingerprint density at radius 1 is 1.09 bits per heavy atom. The van der Waals surface area contributed by atoms with Gasteiger partial charge in [0.1, 0.15) is 0 Å². The highest BCUT2D eigenvalue weighted by Gasteiger charge is 2.27. The summed E-state index contributed by atoms with van der Waals surface area (Å²) in [7, 11) is -3.50. The predicted molar refractivity (Wildman–Crippen MR) is 132 cm³/mol. The zero-order chi connectivity index (χ0) is 22.9. The van der Waals surface area contributed by atoms with E-state index in [-0.39, 0.29) is 10.8 Å². The smallest absolute Gasteiger partial charge is 0.279 e. The van der Waals surface area contributed by atoms with Crippen molar-refractivity contribution in [2.45, 2.75) is 38.1 Å². The van der Waals surface area contributed by atoms with Gasteiger partial charge in [-0.15, -0.1) is 0 Å². The molecule has 6 nitrogen and oxygen atoms in total. The van der Waals surface area contributed by atoms with Gasteiger partial charge in [-0.05, 0) is 80.5 Å². The van der Waals surface area contributed by atoms with Crippen molar-refractivity contribution >= 4 is 49.2 Å². The molecule has 0 unspecified atom stereocenters. The van der Waals surface area contributed by atoms with E-state index in [9.17, 15) is 13.2 Å². The van der Waals surface area contributed by atoms with E-state index in [4.69, 9.17) is 0 Å². The number of fused-ring (bicyclic) bond motifs is 1. The summed E-state index contributed by atoms with van der Waals surface area (Å²) in [6.07, 6.45) is 3.84. The molecule has 0 spiro atoms. The Balaban J connectivity index is 1.68. The number of carbonyl (C=O) groups is 1. The first-order valence-electron chi connectivity index (χ1n) is 10.6. The molecule has 2 aromatic carbocycles. The van der Waals surface area contributed by atoms with Crippen LogP contribution in [0.25, 0.3) is 10.2 Å². The summed E-state index contributed by atoms with van der Waals surface area (Å²) in [6.45, 7) is 6.05. The van der Waals surface area contributed by atoms with E-state index in [1.54, 1.807) is 23.9 Å². The topological polar surface area (TPSA) is 71.7 Å². The minimum Gasteiger partial charge on any atom is -0.315 e. The van der Waals surface area contributed by atoms with Crippen molar-refractivity contribution in [1.82, 2.24) is 8.87 Å². The number of thioether (sulfide) groups is 1. The molecule has 1 aliphatic heterocycles. The number of benzene rings is 2. The number of hydrogen-bond donors (Lipinski definition) is 0. The van der Waals surface area contributed by atoms with Crippen LogP contribution in [-0.4, -0.2) is 48.3 Å². The number of nitrogens with zero attached hydrogens (tertiary/aromatic N) is 3.